The van der Waals surface area contributed by atoms with E-state index in [4.69, 9.17) is 0 Å². The van der Waals surface area contributed by atoms with Gasteiger partial charge in [-0.3, -0.25) is 19.3 Å². The molecule has 0 radical (unpaired) electrons. The first kappa shape index (κ1) is 23.2. The Balaban J connectivity index is 1.69. The molecule has 1 aliphatic rings. The molecule has 0 spiro atoms. The van der Waals surface area contributed by atoms with Gasteiger partial charge in [0.05, 0.1) is 6.04 Å². The van der Waals surface area contributed by atoms with E-state index in [1.807, 2.05) is 60.7 Å². The van der Waals surface area contributed by atoms with Crippen molar-refractivity contribution in [2.45, 2.75) is 31.5 Å². The molecule has 34 heavy (non-hydrogen) atoms. The normalized spacial score (nSPS) is 16.3. The van der Waals surface area contributed by atoms with Gasteiger partial charge in [0.2, 0.25) is 11.8 Å². The fourth-order valence-corrected chi connectivity index (χ4v) is 4.09. The molecule has 4 rings (SSSR count). The number of benzene rings is 3. The van der Waals surface area contributed by atoms with E-state index < -0.39 is 18.1 Å². The Labute approximate surface area is 199 Å². The van der Waals surface area contributed by atoms with Gasteiger partial charge in [0.1, 0.15) is 12.1 Å². The molecule has 174 valence electrons. The summed E-state index contributed by atoms with van der Waals surface area (Å²) in [5.41, 5.74) is 2.89. The van der Waals surface area contributed by atoms with Gasteiger partial charge in [0, 0.05) is 17.8 Å². The van der Waals surface area contributed by atoms with Crippen LogP contribution in [-0.2, 0) is 20.8 Å². The third-order valence-corrected chi connectivity index (χ3v) is 6.05. The van der Waals surface area contributed by atoms with Crippen LogP contribution in [0.4, 0.5) is 11.4 Å². The number of hydrogen-bond acceptors (Lipinski definition) is 4. The first-order valence-electron chi connectivity index (χ1n) is 11.3. The lowest BCUT2D eigenvalue weighted by Gasteiger charge is -2.30. The van der Waals surface area contributed by atoms with Crippen molar-refractivity contribution in [3.8, 4) is 0 Å². The molecule has 0 aromatic heterocycles. The van der Waals surface area contributed by atoms with Crippen molar-refractivity contribution in [2.24, 2.45) is 0 Å². The SMILES string of the molecule is CN[C@@H](C)C(=O)NC(C(=O)N1c2ccccc2CC1C(=O)Nc1ccccc1)c1ccccc1. The van der Waals surface area contributed by atoms with E-state index in [0.29, 0.717) is 23.4 Å². The van der Waals surface area contributed by atoms with Gasteiger partial charge in [-0.05, 0) is 43.3 Å². The Morgan fingerprint density at radius 1 is 0.882 bits per heavy atom. The average molecular weight is 457 g/mol. The number of carbonyl (C=O) groups excluding carboxylic acids is 3. The zero-order valence-electron chi connectivity index (χ0n) is 19.2. The number of amides is 3. The van der Waals surface area contributed by atoms with Crippen molar-refractivity contribution in [1.29, 1.82) is 0 Å². The van der Waals surface area contributed by atoms with Gasteiger partial charge in [-0.25, -0.2) is 0 Å². The Hall–Kier alpha value is -3.97. The maximum absolute atomic E-state index is 14.0. The maximum Gasteiger partial charge on any atom is 0.254 e. The van der Waals surface area contributed by atoms with E-state index in [1.165, 1.54) is 4.90 Å². The number of hydrogen-bond donors (Lipinski definition) is 3. The van der Waals surface area contributed by atoms with Crippen LogP contribution in [0, 0.1) is 0 Å². The molecule has 1 heterocycles. The Kier molecular flexibility index (Phi) is 7.04. The standard InChI is InChI=1S/C27H28N4O3/c1-18(28-2)25(32)30-24(19-11-5-3-6-12-19)27(34)31-22-16-10-9-13-20(22)17-23(31)26(33)29-21-14-7-4-8-15-21/h3-16,18,23-24,28H,17H2,1-2H3,(H,29,33)(H,30,32)/t18-,23?,24?/m0/s1. The monoisotopic (exact) mass is 456 g/mol. The average Bonchev–Trinajstić information content (AvgIpc) is 3.27. The van der Waals surface area contributed by atoms with Crippen LogP contribution in [0.5, 0.6) is 0 Å². The van der Waals surface area contributed by atoms with Gasteiger partial charge in [0.15, 0.2) is 0 Å². The minimum absolute atomic E-state index is 0.280. The van der Waals surface area contributed by atoms with Crippen LogP contribution in [0.3, 0.4) is 0 Å². The summed E-state index contributed by atoms with van der Waals surface area (Å²) in [5.74, 6) is -0.944. The first-order chi connectivity index (χ1) is 16.5. The number of carbonyl (C=O) groups is 3. The molecule has 0 saturated heterocycles. The van der Waals surface area contributed by atoms with Crippen LogP contribution in [-0.4, -0.2) is 36.9 Å². The smallest absolute Gasteiger partial charge is 0.254 e. The highest BCUT2D eigenvalue weighted by molar-refractivity contribution is 6.09. The zero-order chi connectivity index (χ0) is 24.1. The Bertz CT molecular complexity index is 1170. The second-order valence-electron chi connectivity index (χ2n) is 8.27. The lowest BCUT2D eigenvalue weighted by molar-refractivity contribution is -0.129. The van der Waals surface area contributed by atoms with Crippen LogP contribution in [0.1, 0.15) is 24.1 Å². The number of fused-ring (bicyclic) bond motifs is 1. The number of nitrogens with zero attached hydrogens (tertiary/aromatic N) is 1. The minimum Gasteiger partial charge on any atom is -0.339 e. The summed E-state index contributed by atoms with van der Waals surface area (Å²) in [6.45, 7) is 1.73. The van der Waals surface area contributed by atoms with Gasteiger partial charge in [-0.15, -0.1) is 0 Å². The predicted molar refractivity (Wildman–Crippen MR) is 132 cm³/mol. The Morgan fingerprint density at radius 3 is 2.18 bits per heavy atom. The highest BCUT2D eigenvalue weighted by Crippen LogP contribution is 2.35. The predicted octanol–water partition coefficient (Wildman–Crippen LogP) is 3.05. The molecule has 3 atom stereocenters. The number of para-hydroxylation sites is 2. The van der Waals surface area contributed by atoms with Crippen LogP contribution < -0.4 is 20.9 Å². The maximum atomic E-state index is 14.0. The molecule has 3 N–H and O–H groups in total. The number of rotatable bonds is 7. The second-order valence-corrected chi connectivity index (χ2v) is 8.27. The van der Waals surface area contributed by atoms with Gasteiger partial charge in [-0.2, -0.15) is 0 Å². The van der Waals surface area contributed by atoms with E-state index in [2.05, 4.69) is 16.0 Å². The van der Waals surface area contributed by atoms with E-state index in [0.717, 1.165) is 5.56 Å². The van der Waals surface area contributed by atoms with Crippen LogP contribution >= 0.6 is 0 Å². The summed E-state index contributed by atoms with van der Waals surface area (Å²) in [7, 11) is 1.68. The van der Waals surface area contributed by atoms with Crippen LogP contribution in [0.2, 0.25) is 0 Å². The van der Waals surface area contributed by atoms with Gasteiger partial charge < -0.3 is 16.0 Å². The molecule has 3 aromatic rings. The molecule has 7 heteroatoms. The fourth-order valence-electron chi connectivity index (χ4n) is 4.09. The Morgan fingerprint density at radius 2 is 1.50 bits per heavy atom. The van der Waals surface area contributed by atoms with Crippen LogP contribution in [0.25, 0.3) is 0 Å². The van der Waals surface area contributed by atoms with E-state index in [-0.39, 0.29) is 17.7 Å². The van der Waals surface area contributed by atoms with E-state index in [9.17, 15) is 14.4 Å². The summed E-state index contributed by atoms with van der Waals surface area (Å²) < 4.78 is 0. The molecular weight excluding hydrogens is 428 g/mol. The summed E-state index contributed by atoms with van der Waals surface area (Å²) in [5, 5.41) is 8.70. The van der Waals surface area contributed by atoms with Crippen molar-refractivity contribution < 1.29 is 14.4 Å². The highest BCUT2D eigenvalue weighted by Gasteiger charge is 2.41. The lowest BCUT2D eigenvalue weighted by atomic mass is 10.0. The summed E-state index contributed by atoms with van der Waals surface area (Å²) >= 11 is 0. The summed E-state index contributed by atoms with van der Waals surface area (Å²) in [6, 6.07) is 23.6. The number of nitrogens with one attached hydrogen (secondary N) is 3. The highest BCUT2D eigenvalue weighted by atomic mass is 16.2. The van der Waals surface area contributed by atoms with Gasteiger partial charge >= 0.3 is 0 Å². The summed E-state index contributed by atoms with van der Waals surface area (Å²) in [4.78, 5) is 41.6. The van der Waals surface area contributed by atoms with Crippen molar-refractivity contribution in [2.75, 3.05) is 17.3 Å². The molecule has 3 amide bonds. The van der Waals surface area contributed by atoms with E-state index in [1.54, 1.807) is 38.2 Å². The summed E-state index contributed by atoms with van der Waals surface area (Å²) in [6.07, 6.45) is 0.392. The number of anilines is 2. The first-order valence-corrected chi connectivity index (χ1v) is 11.3. The quantitative estimate of drug-likeness (QED) is 0.510. The largest absolute Gasteiger partial charge is 0.339 e. The van der Waals surface area contributed by atoms with Crippen molar-refractivity contribution >= 4 is 29.1 Å². The molecule has 0 bridgehead atoms. The van der Waals surface area contributed by atoms with Gasteiger partial charge in [-0.1, -0.05) is 66.7 Å². The lowest BCUT2D eigenvalue weighted by Crippen LogP contribution is -2.52. The van der Waals surface area contributed by atoms with Gasteiger partial charge in [0.25, 0.3) is 5.91 Å². The molecule has 0 fully saturated rings. The van der Waals surface area contributed by atoms with Crippen molar-refractivity contribution in [3.05, 3.63) is 96.1 Å². The second kappa shape index (κ2) is 10.3. The minimum atomic E-state index is -0.942. The third kappa shape index (κ3) is 4.84. The van der Waals surface area contributed by atoms with Crippen molar-refractivity contribution in [1.82, 2.24) is 10.6 Å². The molecule has 2 unspecified atom stereocenters. The van der Waals surface area contributed by atoms with Crippen LogP contribution in [0.15, 0.2) is 84.9 Å². The molecular formula is C27H28N4O3. The third-order valence-electron chi connectivity index (χ3n) is 6.05. The number of likely N-dealkylation sites (N-methyl/N-ethyl adjacent to an activating group) is 1. The van der Waals surface area contributed by atoms with E-state index >= 15 is 0 Å². The molecule has 7 nitrogen and oxygen atoms in total. The zero-order valence-corrected chi connectivity index (χ0v) is 19.2. The topological polar surface area (TPSA) is 90.5 Å². The molecule has 3 aromatic carbocycles. The molecule has 1 aliphatic heterocycles. The van der Waals surface area contributed by atoms with Crippen molar-refractivity contribution in [3.63, 3.8) is 0 Å². The molecule has 0 aliphatic carbocycles. The molecule has 0 saturated carbocycles. The fraction of sp³-hybridized carbons (Fsp3) is 0.222.